The van der Waals surface area contributed by atoms with Crippen LogP contribution in [0.1, 0.15) is 35.3 Å². The molecule has 0 spiro atoms. The van der Waals surface area contributed by atoms with Crippen LogP contribution in [0.5, 0.6) is 0 Å². The van der Waals surface area contributed by atoms with E-state index in [9.17, 15) is 4.39 Å². The molecule has 1 N–H and O–H groups in total. The van der Waals surface area contributed by atoms with E-state index >= 15 is 0 Å². The lowest BCUT2D eigenvalue weighted by Gasteiger charge is -2.12. The van der Waals surface area contributed by atoms with E-state index in [0.717, 1.165) is 17.0 Å². The lowest BCUT2D eigenvalue weighted by Crippen LogP contribution is -2.18. The second kappa shape index (κ2) is 6.59. The molecule has 102 valence electrons. The maximum Gasteiger partial charge on any atom is 0.137 e. The van der Waals surface area contributed by atoms with Crippen molar-refractivity contribution in [3.8, 4) is 0 Å². The molecule has 2 rings (SSSR count). The van der Waals surface area contributed by atoms with Crippen LogP contribution in [0.25, 0.3) is 0 Å². The molecule has 0 amide bonds. The maximum atomic E-state index is 13.4. The summed E-state index contributed by atoms with van der Waals surface area (Å²) >= 11 is 5.00. The van der Waals surface area contributed by atoms with Gasteiger partial charge in [-0.05, 0) is 40.9 Å². The third-order valence-corrected chi connectivity index (χ3v) is 5.13. The van der Waals surface area contributed by atoms with Gasteiger partial charge in [-0.15, -0.1) is 11.3 Å². The third-order valence-electron chi connectivity index (χ3n) is 2.92. The first-order chi connectivity index (χ1) is 9.11. The van der Waals surface area contributed by atoms with Gasteiger partial charge in [-0.1, -0.05) is 19.1 Å². The van der Waals surface area contributed by atoms with E-state index in [2.05, 4.69) is 40.1 Å². The number of nitrogens with zero attached hydrogens (tertiary/aromatic N) is 1. The molecule has 0 bridgehead atoms. The topological polar surface area (TPSA) is 24.9 Å². The van der Waals surface area contributed by atoms with E-state index in [-0.39, 0.29) is 11.9 Å². The van der Waals surface area contributed by atoms with Gasteiger partial charge >= 0.3 is 0 Å². The van der Waals surface area contributed by atoms with Crippen molar-refractivity contribution in [3.63, 3.8) is 0 Å². The van der Waals surface area contributed by atoms with Crippen LogP contribution in [0.3, 0.4) is 0 Å². The fourth-order valence-electron chi connectivity index (χ4n) is 1.72. The summed E-state index contributed by atoms with van der Waals surface area (Å²) in [5, 5.41) is 4.45. The molecule has 0 saturated heterocycles. The fraction of sp³-hybridized carbons (Fsp3) is 0.357. The van der Waals surface area contributed by atoms with Gasteiger partial charge in [-0.2, -0.15) is 0 Å². The number of aryl methyl sites for hydroxylation is 1. The molecule has 1 unspecified atom stereocenters. The summed E-state index contributed by atoms with van der Waals surface area (Å²) in [6, 6.07) is 5.25. The minimum absolute atomic E-state index is 0.167. The average molecular weight is 343 g/mol. The molecule has 0 aliphatic heterocycles. The Bertz CT molecular complexity index is 556. The van der Waals surface area contributed by atoms with Crippen LogP contribution in [0.2, 0.25) is 0 Å². The lowest BCUT2D eigenvalue weighted by molar-refractivity contribution is 0.564. The lowest BCUT2D eigenvalue weighted by atomic mass is 10.2. The summed E-state index contributed by atoms with van der Waals surface area (Å²) < 4.78 is 13.9. The van der Waals surface area contributed by atoms with Crippen molar-refractivity contribution >= 4 is 27.3 Å². The molecule has 5 heteroatoms. The van der Waals surface area contributed by atoms with Gasteiger partial charge < -0.3 is 5.32 Å². The summed E-state index contributed by atoms with van der Waals surface area (Å²) in [6.07, 6.45) is 2.94. The van der Waals surface area contributed by atoms with Crippen LogP contribution in [0.15, 0.2) is 28.9 Å². The minimum Gasteiger partial charge on any atom is -0.304 e. The van der Waals surface area contributed by atoms with Crippen molar-refractivity contribution < 1.29 is 4.39 Å². The molecular formula is C14H16BrFN2S. The summed E-state index contributed by atoms with van der Waals surface area (Å²) in [7, 11) is 0. The highest BCUT2D eigenvalue weighted by Gasteiger charge is 2.11. The van der Waals surface area contributed by atoms with E-state index in [1.165, 1.54) is 10.9 Å². The molecular weight excluding hydrogens is 327 g/mol. The van der Waals surface area contributed by atoms with Crippen molar-refractivity contribution in [3.05, 3.63) is 50.1 Å². The van der Waals surface area contributed by atoms with Gasteiger partial charge in [0.25, 0.3) is 0 Å². The number of halogens is 2. The second-order valence-corrected chi connectivity index (χ2v) is 6.27. The first-order valence-electron chi connectivity index (χ1n) is 6.22. The van der Waals surface area contributed by atoms with E-state index in [1.807, 2.05) is 12.3 Å². The molecule has 0 saturated carbocycles. The van der Waals surface area contributed by atoms with Gasteiger partial charge in [0.2, 0.25) is 0 Å². The quantitative estimate of drug-likeness (QED) is 0.867. The molecule has 0 fully saturated rings. The van der Waals surface area contributed by atoms with Gasteiger partial charge in [0.05, 0.1) is 10.5 Å². The van der Waals surface area contributed by atoms with E-state index < -0.39 is 0 Å². The van der Waals surface area contributed by atoms with Crippen LogP contribution in [-0.2, 0) is 13.0 Å². The van der Waals surface area contributed by atoms with E-state index in [0.29, 0.717) is 11.0 Å². The SMILES string of the molecule is CCc1cnc(C(C)NCc2cccc(F)c2Br)s1. The molecule has 0 radical (unpaired) electrons. The van der Waals surface area contributed by atoms with Gasteiger partial charge in [-0.3, -0.25) is 0 Å². The Morgan fingerprint density at radius 3 is 2.95 bits per heavy atom. The standard InChI is InChI=1S/C14H16BrFN2S/c1-3-11-8-18-14(19-11)9(2)17-7-10-5-4-6-12(16)13(10)15/h4-6,8-9,17H,3,7H2,1-2H3. The number of aromatic nitrogens is 1. The highest BCUT2D eigenvalue weighted by Crippen LogP contribution is 2.23. The number of rotatable bonds is 5. The Morgan fingerprint density at radius 1 is 1.47 bits per heavy atom. The number of nitrogens with one attached hydrogen (secondary N) is 1. The normalized spacial score (nSPS) is 12.6. The highest BCUT2D eigenvalue weighted by molar-refractivity contribution is 9.10. The van der Waals surface area contributed by atoms with Crippen molar-refractivity contribution in [2.75, 3.05) is 0 Å². The maximum absolute atomic E-state index is 13.4. The molecule has 0 aliphatic carbocycles. The van der Waals surface area contributed by atoms with Gasteiger partial charge in [0.1, 0.15) is 10.8 Å². The fourth-order valence-corrected chi connectivity index (χ4v) is 3.01. The number of thiazole rings is 1. The van der Waals surface area contributed by atoms with Crippen molar-refractivity contribution in [2.24, 2.45) is 0 Å². The Balaban J connectivity index is 2.00. The van der Waals surface area contributed by atoms with Crippen LogP contribution in [0.4, 0.5) is 4.39 Å². The van der Waals surface area contributed by atoms with Crippen molar-refractivity contribution in [1.29, 1.82) is 0 Å². The summed E-state index contributed by atoms with van der Waals surface area (Å²) in [4.78, 5) is 5.70. The van der Waals surface area contributed by atoms with Crippen molar-refractivity contribution in [1.82, 2.24) is 10.3 Å². The predicted octanol–water partition coefficient (Wildman–Crippen LogP) is 4.46. The van der Waals surface area contributed by atoms with Crippen LogP contribution in [-0.4, -0.2) is 4.98 Å². The number of hydrogen-bond donors (Lipinski definition) is 1. The zero-order chi connectivity index (χ0) is 13.8. The number of hydrogen-bond acceptors (Lipinski definition) is 3. The zero-order valence-electron chi connectivity index (χ0n) is 10.9. The molecule has 2 nitrogen and oxygen atoms in total. The molecule has 19 heavy (non-hydrogen) atoms. The monoisotopic (exact) mass is 342 g/mol. The van der Waals surface area contributed by atoms with Gasteiger partial charge in [0.15, 0.2) is 0 Å². The van der Waals surface area contributed by atoms with Crippen molar-refractivity contribution in [2.45, 2.75) is 32.9 Å². The van der Waals surface area contributed by atoms with Crippen LogP contribution >= 0.6 is 27.3 Å². The van der Waals surface area contributed by atoms with Crippen LogP contribution in [0, 0.1) is 5.82 Å². The largest absolute Gasteiger partial charge is 0.304 e. The predicted molar refractivity (Wildman–Crippen MR) is 80.8 cm³/mol. The Hall–Kier alpha value is -0.780. The minimum atomic E-state index is -0.227. The van der Waals surface area contributed by atoms with Gasteiger partial charge in [-0.25, -0.2) is 9.37 Å². The molecule has 2 aromatic rings. The summed E-state index contributed by atoms with van der Waals surface area (Å²) in [6.45, 7) is 4.81. The van der Waals surface area contributed by atoms with E-state index in [4.69, 9.17) is 0 Å². The van der Waals surface area contributed by atoms with Crippen LogP contribution < -0.4 is 5.32 Å². The third kappa shape index (κ3) is 3.61. The second-order valence-electron chi connectivity index (χ2n) is 4.33. The first-order valence-corrected chi connectivity index (χ1v) is 7.83. The Morgan fingerprint density at radius 2 is 2.26 bits per heavy atom. The molecule has 1 heterocycles. The highest BCUT2D eigenvalue weighted by atomic mass is 79.9. The van der Waals surface area contributed by atoms with Gasteiger partial charge in [0, 0.05) is 17.6 Å². The molecule has 0 aliphatic rings. The van der Waals surface area contributed by atoms with E-state index in [1.54, 1.807) is 17.4 Å². The summed E-state index contributed by atoms with van der Waals surface area (Å²) in [5.74, 6) is -0.227. The molecule has 1 aromatic carbocycles. The molecule has 1 atom stereocenters. The summed E-state index contributed by atoms with van der Waals surface area (Å²) in [5.41, 5.74) is 0.916. The first kappa shape index (κ1) is 14.6. The Kier molecular flexibility index (Phi) is 5.07. The average Bonchev–Trinajstić information content (AvgIpc) is 2.89. The Labute approximate surface area is 125 Å². The number of benzene rings is 1. The zero-order valence-corrected chi connectivity index (χ0v) is 13.3. The molecule has 1 aromatic heterocycles. The smallest absolute Gasteiger partial charge is 0.137 e.